The molecule has 2 aromatic rings. The maximum atomic E-state index is 13.5. The second-order valence-electron chi connectivity index (χ2n) is 8.80. The normalized spacial score (nSPS) is 19.1. The van der Waals surface area contributed by atoms with Crippen molar-refractivity contribution in [2.75, 3.05) is 31.1 Å². The van der Waals surface area contributed by atoms with Gasteiger partial charge in [-0.2, -0.15) is 0 Å². The standard InChI is InChI=1S/C26H30ClN3O3/c1-2-14-29(23-12-15-28(16-13-23)25(32)19-6-4-3-5-7-19)26(33)20-17-24(31)30(18-20)22-10-8-21(27)9-11-22/h3-11,20,23H,2,12-18H2,1H3. The summed E-state index contributed by atoms with van der Waals surface area (Å²) in [6.07, 6.45) is 2.60. The highest BCUT2D eigenvalue weighted by Gasteiger charge is 2.39. The molecule has 3 amide bonds. The van der Waals surface area contributed by atoms with Crippen molar-refractivity contribution in [1.82, 2.24) is 9.80 Å². The third-order valence-electron chi connectivity index (χ3n) is 6.57. The monoisotopic (exact) mass is 467 g/mol. The molecule has 6 nitrogen and oxygen atoms in total. The third-order valence-corrected chi connectivity index (χ3v) is 6.83. The van der Waals surface area contributed by atoms with Crippen LogP contribution in [0.25, 0.3) is 0 Å². The van der Waals surface area contributed by atoms with Crippen molar-refractivity contribution < 1.29 is 14.4 Å². The molecular weight excluding hydrogens is 438 g/mol. The van der Waals surface area contributed by atoms with Crippen LogP contribution in [0.4, 0.5) is 5.69 Å². The number of nitrogens with zero attached hydrogens (tertiary/aromatic N) is 3. The van der Waals surface area contributed by atoms with Gasteiger partial charge < -0.3 is 14.7 Å². The summed E-state index contributed by atoms with van der Waals surface area (Å²) in [6, 6.07) is 16.6. The van der Waals surface area contributed by atoms with Gasteiger partial charge in [0.2, 0.25) is 11.8 Å². The molecule has 0 spiro atoms. The number of carbonyl (C=O) groups is 3. The number of hydrogen-bond acceptors (Lipinski definition) is 3. The fourth-order valence-electron chi connectivity index (χ4n) is 4.84. The summed E-state index contributed by atoms with van der Waals surface area (Å²) >= 11 is 5.97. The Morgan fingerprint density at radius 1 is 1.03 bits per heavy atom. The highest BCUT2D eigenvalue weighted by molar-refractivity contribution is 6.30. The molecular formula is C26H30ClN3O3. The first kappa shape index (κ1) is 23.3. The summed E-state index contributed by atoms with van der Waals surface area (Å²) in [5.74, 6) is -0.281. The minimum Gasteiger partial charge on any atom is -0.339 e. The summed E-state index contributed by atoms with van der Waals surface area (Å²) in [4.78, 5) is 44.4. The Kier molecular flexibility index (Phi) is 7.33. The van der Waals surface area contributed by atoms with Gasteiger partial charge in [0, 0.05) is 54.9 Å². The maximum Gasteiger partial charge on any atom is 0.253 e. The van der Waals surface area contributed by atoms with Gasteiger partial charge in [-0.05, 0) is 55.7 Å². The van der Waals surface area contributed by atoms with Crippen LogP contribution < -0.4 is 4.90 Å². The quantitative estimate of drug-likeness (QED) is 0.638. The molecule has 0 radical (unpaired) electrons. The van der Waals surface area contributed by atoms with Crippen LogP contribution in [0.1, 0.15) is 43.0 Å². The van der Waals surface area contributed by atoms with Gasteiger partial charge in [0.25, 0.3) is 5.91 Å². The lowest BCUT2D eigenvalue weighted by atomic mass is 9.98. The van der Waals surface area contributed by atoms with Gasteiger partial charge in [-0.15, -0.1) is 0 Å². The maximum absolute atomic E-state index is 13.5. The number of piperidine rings is 1. The van der Waals surface area contributed by atoms with Crippen molar-refractivity contribution >= 4 is 35.0 Å². The van der Waals surface area contributed by atoms with Crippen LogP contribution in [0.3, 0.4) is 0 Å². The van der Waals surface area contributed by atoms with Gasteiger partial charge in [0.05, 0.1) is 5.92 Å². The lowest BCUT2D eigenvalue weighted by Gasteiger charge is -2.39. The topological polar surface area (TPSA) is 60.9 Å². The Morgan fingerprint density at radius 2 is 1.70 bits per heavy atom. The molecule has 0 bridgehead atoms. The minimum absolute atomic E-state index is 0.0320. The fraction of sp³-hybridized carbons (Fsp3) is 0.423. The first-order valence-electron chi connectivity index (χ1n) is 11.7. The Morgan fingerprint density at radius 3 is 2.33 bits per heavy atom. The highest BCUT2D eigenvalue weighted by atomic mass is 35.5. The van der Waals surface area contributed by atoms with Crippen LogP contribution in [0.2, 0.25) is 5.02 Å². The highest BCUT2D eigenvalue weighted by Crippen LogP contribution is 2.29. The Balaban J connectivity index is 1.39. The minimum atomic E-state index is -0.344. The van der Waals surface area contributed by atoms with E-state index >= 15 is 0 Å². The SMILES string of the molecule is CCCN(C(=O)C1CC(=O)N(c2ccc(Cl)cc2)C1)C1CCN(C(=O)c2ccccc2)CC1. The van der Waals surface area contributed by atoms with Gasteiger partial charge in [-0.1, -0.05) is 36.7 Å². The van der Waals surface area contributed by atoms with Crippen molar-refractivity contribution in [3.8, 4) is 0 Å². The number of rotatable bonds is 6. The molecule has 2 aromatic carbocycles. The molecule has 174 valence electrons. The average Bonchev–Trinajstić information content (AvgIpc) is 3.24. The lowest BCUT2D eigenvalue weighted by Crippen LogP contribution is -2.50. The number of amides is 3. The van der Waals surface area contributed by atoms with Gasteiger partial charge in [-0.3, -0.25) is 14.4 Å². The molecule has 0 aromatic heterocycles. The van der Waals surface area contributed by atoms with Crippen molar-refractivity contribution in [1.29, 1.82) is 0 Å². The third kappa shape index (κ3) is 5.22. The first-order valence-corrected chi connectivity index (χ1v) is 12.1. The summed E-state index contributed by atoms with van der Waals surface area (Å²) in [5.41, 5.74) is 1.47. The van der Waals surface area contributed by atoms with Gasteiger partial charge >= 0.3 is 0 Å². The zero-order valence-corrected chi connectivity index (χ0v) is 19.7. The summed E-state index contributed by atoms with van der Waals surface area (Å²) in [7, 11) is 0. The molecule has 2 fully saturated rings. The molecule has 4 rings (SSSR count). The zero-order chi connectivity index (χ0) is 23.4. The zero-order valence-electron chi connectivity index (χ0n) is 19.0. The van der Waals surface area contributed by atoms with E-state index in [1.165, 1.54) is 0 Å². The molecule has 2 heterocycles. The summed E-state index contributed by atoms with van der Waals surface area (Å²) in [5, 5.41) is 0.615. The second-order valence-corrected chi connectivity index (χ2v) is 9.24. The van der Waals surface area contributed by atoms with Gasteiger partial charge in [0.1, 0.15) is 0 Å². The molecule has 1 atom stereocenters. The van der Waals surface area contributed by atoms with Crippen LogP contribution in [0, 0.1) is 5.92 Å². The van der Waals surface area contributed by atoms with Crippen LogP contribution in [-0.2, 0) is 9.59 Å². The predicted molar refractivity (Wildman–Crippen MR) is 129 cm³/mol. The molecule has 7 heteroatoms. The van der Waals surface area contributed by atoms with Crippen LogP contribution in [0.5, 0.6) is 0 Å². The van der Waals surface area contributed by atoms with E-state index in [0.29, 0.717) is 36.8 Å². The summed E-state index contributed by atoms with van der Waals surface area (Å²) in [6.45, 7) is 4.39. The fourth-order valence-corrected chi connectivity index (χ4v) is 4.96. The molecule has 1 unspecified atom stereocenters. The Labute approximate surface area is 200 Å². The molecule has 0 aliphatic carbocycles. The van der Waals surface area contributed by atoms with E-state index in [-0.39, 0.29) is 36.1 Å². The number of hydrogen-bond donors (Lipinski definition) is 0. The largest absolute Gasteiger partial charge is 0.339 e. The van der Waals surface area contributed by atoms with Crippen molar-refractivity contribution in [2.45, 2.75) is 38.6 Å². The van der Waals surface area contributed by atoms with Crippen LogP contribution in [0.15, 0.2) is 54.6 Å². The van der Waals surface area contributed by atoms with Crippen molar-refractivity contribution in [3.05, 3.63) is 65.2 Å². The molecule has 0 saturated carbocycles. The number of anilines is 1. The average molecular weight is 468 g/mol. The van der Waals surface area contributed by atoms with E-state index in [1.807, 2.05) is 52.3 Å². The second kappa shape index (κ2) is 10.4. The summed E-state index contributed by atoms with van der Waals surface area (Å²) < 4.78 is 0. The smallest absolute Gasteiger partial charge is 0.253 e. The van der Waals surface area contributed by atoms with Crippen molar-refractivity contribution in [2.24, 2.45) is 5.92 Å². The van der Waals surface area contributed by atoms with Gasteiger partial charge in [0.15, 0.2) is 0 Å². The number of likely N-dealkylation sites (tertiary alicyclic amines) is 1. The van der Waals surface area contributed by atoms with Gasteiger partial charge in [-0.25, -0.2) is 0 Å². The predicted octanol–water partition coefficient (Wildman–Crippen LogP) is 4.24. The van der Waals surface area contributed by atoms with E-state index < -0.39 is 0 Å². The number of halogens is 1. The molecule has 0 N–H and O–H groups in total. The molecule has 2 saturated heterocycles. The number of benzene rings is 2. The molecule has 2 aliphatic rings. The van der Waals surface area contributed by atoms with Crippen molar-refractivity contribution in [3.63, 3.8) is 0 Å². The van der Waals surface area contributed by atoms with E-state index in [2.05, 4.69) is 6.92 Å². The van der Waals surface area contributed by atoms with E-state index in [4.69, 9.17) is 11.6 Å². The van der Waals surface area contributed by atoms with Crippen LogP contribution >= 0.6 is 11.6 Å². The number of carbonyl (C=O) groups excluding carboxylic acids is 3. The molecule has 2 aliphatic heterocycles. The van der Waals surface area contributed by atoms with E-state index in [0.717, 1.165) is 24.9 Å². The Bertz CT molecular complexity index is 988. The van der Waals surface area contributed by atoms with E-state index in [9.17, 15) is 14.4 Å². The van der Waals surface area contributed by atoms with E-state index in [1.54, 1.807) is 17.0 Å². The Hall–Kier alpha value is -2.86. The lowest BCUT2D eigenvalue weighted by molar-refractivity contribution is -0.139. The first-order chi connectivity index (χ1) is 16.0. The molecule has 33 heavy (non-hydrogen) atoms. The van der Waals surface area contributed by atoms with Crippen LogP contribution in [-0.4, -0.2) is 59.7 Å².